The van der Waals surface area contributed by atoms with Crippen LogP contribution in [0.5, 0.6) is 0 Å². The first-order valence-electron chi connectivity index (χ1n) is 9.17. The summed E-state index contributed by atoms with van der Waals surface area (Å²) in [5.74, 6) is 1.13. The molecule has 3 rings (SSSR count). The summed E-state index contributed by atoms with van der Waals surface area (Å²) in [6.07, 6.45) is 10.5. The Bertz CT molecular complexity index is 636. The number of imidazole rings is 1. The first-order chi connectivity index (χ1) is 11.8. The summed E-state index contributed by atoms with van der Waals surface area (Å²) in [4.78, 5) is 17.3. The van der Waals surface area contributed by atoms with Crippen molar-refractivity contribution in [3.63, 3.8) is 0 Å². The molecule has 3 heterocycles. The van der Waals surface area contributed by atoms with Gasteiger partial charge in [-0.3, -0.25) is 9.88 Å². The standard InChI is InChI=1S/C19H29N5/c1-3-4-6-19-21-14-17(22-19)15-23-9-5-10-24(12-11-23)18-7-8-20-13-16(18)2/h7-8,13-14H,3-6,9-12,15H2,1-2H3,(H,21,22). The van der Waals surface area contributed by atoms with E-state index in [0.717, 1.165) is 45.0 Å². The highest BCUT2D eigenvalue weighted by atomic mass is 15.2. The van der Waals surface area contributed by atoms with Crippen molar-refractivity contribution in [1.82, 2.24) is 19.9 Å². The summed E-state index contributed by atoms with van der Waals surface area (Å²) in [5, 5.41) is 0. The van der Waals surface area contributed by atoms with Crippen molar-refractivity contribution < 1.29 is 0 Å². The molecule has 0 bridgehead atoms. The molecular weight excluding hydrogens is 298 g/mol. The minimum absolute atomic E-state index is 0.974. The molecule has 24 heavy (non-hydrogen) atoms. The van der Waals surface area contributed by atoms with Gasteiger partial charge in [0.25, 0.3) is 0 Å². The molecule has 0 aromatic carbocycles. The first-order valence-corrected chi connectivity index (χ1v) is 9.17. The van der Waals surface area contributed by atoms with E-state index in [0.29, 0.717) is 0 Å². The van der Waals surface area contributed by atoms with Crippen molar-refractivity contribution in [2.75, 3.05) is 31.1 Å². The van der Waals surface area contributed by atoms with Crippen LogP contribution in [0, 0.1) is 6.92 Å². The maximum Gasteiger partial charge on any atom is 0.106 e. The van der Waals surface area contributed by atoms with Gasteiger partial charge >= 0.3 is 0 Å². The van der Waals surface area contributed by atoms with Gasteiger partial charge in [0.1, 0.15) is 5.82 Å². The second-order valence-corrected chi connectivity index (χ2v) is 6.74. The number of nitrogens with one attached hydrogen (secondary N) is 1. The molecule has 2 aromatic heterocycles. The van der Waals surface area contributed by atoms with E-state index in [-0.39, 0.29) is 0 Å². The normalized spacial score (nSPS) is 16.3. The quantitative estimate of drug-likeness (QED) is 0.885. The molecule has 5 nitrogen and oxygen atoms in total. The molecule has 0 aliphatic carbocycles. The van der Waals surface area contributed by atoms with Crippen LogP contribution in [0.4, 0.5) is 5.69 Å². The van der Waals surface area contributed by atoms with Crippen molar-refractivity contribution in [3.05, 3.63) is 41.7 Å². The molecule has 0 spiro atoms. The predicted molar refractivity (Wildman–Crippen MR) is 98.3 cm³/mol. The lowest BCUT2D eigenvalue weighted by molar-refractivity contribution is 0.282. The number of nitrogens with zero attached hydrogens (tertiary/aromatic N) is 4. The second-order valence-electron chi connectivity index (χ2n) is 6.74. The van der Waals surface area contributed by atoms with Crippen LogP contribution in [0.1, 0.15) is 43.3 Å². The van der Waals surface area contributed by atoms with Crippen molar-refractivity contribution >= 4 is 5.69 Å². The average molecular weight is 327 g/mol. The van der Waals surface area contributed by atoms with E-state index in [1.807, 2.05) is 18.6 Å². The molecular formula is C19H29N5. The van der Waals surface area contributed by atoms with Gasteiger partial charge < -0.3 is 9.88 Å². The molecule has 0 amide bonds. The Kier molecular flexibility index (Phi) is 5.86. The molecule has 1 aliphatic rings. The molecule has 0 unspecified atom stereocenters. The topological polar surface area (TPSA) is 48.1 Å². The van der Waals surface area contributed by atoms with Gasteiger partial charge in [-0.05, 0) is 31.4 Å². The third-order valence-corrected chi connectivity index (χ3v) is 4.76. The minimum Gasteiger partial charge on any atom is -0.370 e. The molecule has 0 saturated carbocycles. The number of hydrogen-bond acceptors (Lipinski definition) is 4. The highest BCUT2D eigenvalue weighted by molar-refractivity contribution is 5.51. The first kappa shape index (κ1) is 17.0. The van der Waals surface area contributed by atoms with Crippen LogP contribution >= 0.6 is 0 Å². The van der Waals surface area contributed by atoms with Crippen LogP contribution in [0.15, 0.2) is 24.7 Å². The Balaban J connectivity index is 1.56. The molecule has 1 saturated heterocycles. The number of aromatic amines is 1. The van der Waals surface area contributed by atoms with Crippen LogP contribution in [-0.2, 0) is 13.0 Å². The van der Waals surface area contributed by atoms with E-state index < -0.39 is 0 Å². The summed E-state index contributed by atoms with van der Waals surface area (Å²) < 4.78 is 0. The molecule has 1 N–H and O–H groups in total. The Morgan fingerprint density at radius 1 is 1.17 bits per heavy atom. The van der Waals surface area contributed by atoms with Gasteiger partial charge in [0.05, 0.1) is 0 Å². The number of aromatic nitrogens is 3. The van der Waals surface area contributed by atoms with Crippen molar-refractivity contribution in [2.45, 2.75) is 46.1 Å². The number of hydrogen-bond donors (Lipinski definition) is 1. The number of rotatable bonds is 6. The Hall–Kier alpha value is -1.88. The minimum atomic E-state index is 0.974. The lowest BCUT2D eigenvalue weighted by Gasteiger charge is -2.24. The maximum atomic E-state index is 4.52. The zero-order chi connectivity index (χ0) is 16.8. The third-order valence-electron chi connectivity index (χ3n) is 4.76. The van der Waals surface area contributed by atoms with Crippen molar-refractivity contribution in [2.24, 2.45) is 0 Å². The number of unbranched alkanes of at least 4 members (excludes halogenated alkanes) is 1. The number of H-pyrrole nitrogens is 1. The van der Waals surface area contributed by atoms with Gasteiger partial charge in [-0.2, -0.15) is 0 Å². The Morgan fingerprint density at radius 3 is 2.92 bits per heavy atom. The zero-order valence-electron chi connectivity index (χ0n) is 15.0. The largest absolute Gasteiger partial charge is 0.370 e. The molecule has 5 heteroatoms. The van der Waals surface area contributed by atoms with Gasteiger partial charge in [0, 0.05) is 69.1 Å². The fourth-order valence-electron chi connectivity index (χ4n) is 3.39. The van der Waals surface area contributed by atoms with Crippen molar-refractivity contribution in [3.8, 4) is 0 Å². The second kappa shape index (κ2) is 8.29. The fourth-order valence-corrected chi connectivity index (χ4v) is 3.39. The van der Waals surface area contributed by atoms with Gasteiger partial charge in [-0.1, -0.05) is 13.3 Å². The van der Waals surface area contributed by atoms with Crippen LogP contribution in [0.3, 0.4) is 0 Å². The Labute approximate surface area is 145 Å². The van der Waals surface area contributed by atoms with E-state index in [9.17, 15) is 0 Å². The van der Waals surface area contributed by atoms with E-state index in [4.69, 9.17) is 0 Å². The summed E-state index contributed by atoms with van der Waals surface area (Å²) in [5.41, 5.74) is 3.84. The highest BCUT2D eigenvalue weighted by Gasteiger charge is 2.17. The van der Waals surface area contributed by atoms with Crippen LogP contribution in [0.2, 0.25) is 0 Å². The van der Waals surface area contributed by atoms with Crippen molar-refractivity contribution in [1.29, 1.82) is 0 Å². The van der Waals surface area contributed by atoms with Gasteiger partial charge in [0.2, 0.25) is 0 Å². The predicted octanol–water partition coefficient (Wildman–Crippen LogP) is 3.17. The summed E-state index contributed by atoms with van der Waals surface area (Å²) >= 11 is 0. The summed E-state index contributed by atoms with van der Waals surface area (Å²) in [6, 6.07) is 2.14. The molecule has 1 fully saturated rings. The molecule has 130 valence electrons. The molecule has 0 radical (unpaired) electrons. The highest BCUT2D eigenvalue weighted by Crippen LogP contribution is 2.20. The van der Waals surface area contributed by atoms with Gasteiger partial charge in [-0.15, -0.1) is 0 Å². The van der Waals surface area contributed by atoms with Crippen LogP contribution < -0.4 is 4.90 Å². The lowest BCUT2D eigenvalue weighted by Crippen LogP contribution is -2.31. The molecule has 1 aliphatic heterocycles. The number of aryl methyl sites for hydroxylation is 2. The Morgan fingerprint density at radius 2 is 2.08 bits per heavy atom. The smallest absolute Gasteiger partial charge is 0.106 e. The molecule has 0 atom stereocenters. The zero-order valence-corrected chi connectivity index (χ0v) is 15.0. The summed E-state index contributed by atoms with van der Waals surface area (Å²) in [7, 11) is 0. The van der Waals surface area contributed by atoms with E-state index in [2.05, 4.69) is 44.7 Å². The lowest BCUT2D eigenvalue weighted by atomic mass is 10.2. The SMILES string of the molecule is CCCCc1ncc(CN2CCCN(c3ccncc3C)CC2)[nH]1. The third kappa shape index (κ3) is 4.35. The van der Waals surface area contributed by atoms with Crippen LogP contribution in [-0.4, -0.2) is 46.0 Å². The van der Waals surface area contributed by atoms with E-state index in [1.54, 1.807) is 0 Å². The maximum absolute atomic E-state index is 4.52. The summed E-state index contributed by atoms with van der Waals surface area (Å²) in [6.45, 7) is 9.76. The number of anilines is 1. The van der Waals surface area contributed by atoms with Gasteiger partial charge in [-0.25, -0.2) is 4.98 Å². The number of pyridine rings is 1. The van der Waals surface area contributed by atoms with E-state index >= 15 is 0 Å². The van der Waals surface area contributed by atoms with E-state index in [1.165, 1.54) is 36.2 Å². The fraction of sp³-hybridized carbons (Fsp3) is 0.579. The van der Waals surface area contributed by atoms with Gasteiger partial charge in [0.15, 0.2) is 0 Å². The van der Waals surface area contributed by atoms with Crippen LogP contribution in [0.25, 0.3) is 0 Å². The molecule has 2 aromatic rings. The average Bonchev–Trinajstić information content (AvgIpc) is 2.90. The monoisotopic (exact) mass is 327 g/mol.